The first-order chi connectivity index (χ1) is 16.3. The lowest BCUT2D eigenvalue weighted by Gasteiger charge is -2.13. The molecule has 0 unspecified atom stereocenters. The Morgan fingerprint density at radius 1 is 1.06 bits per heavy atom. The first-order valence-electron chi connectivity index (χ1n) is 10.4. The third-order valence-electron chi connectivity index (χ3n) is 6.13. The maximum atomic E-state index is 13.8. The molecule has 0 saturated heterocycles. The van der Waals surface area contributed by atoms with Crippen molar-refractivity contribution in [3.63, 3.8) is 0 Å². The van der Waals surface area contributed by atoms with Crippen molar-refractivity contribution in [3.05, 3.63) is 92.6 Å². The summed E-state index contributed by atoms with van der Waals surface area (Å²) in [5, 5.41) is 4.84. The molecule has 0 radical (unpaired) electrons. The highest BCUT2D eigenvalue weighted by Crippen LogP contribution is 2.56. The second kappa shape index (κ2) is 7.11. The highest BCUT2D eigenvalue weighted by molar-refractivity contribution is 5.83. The zero-order valence-corrected chi connectivity index (χ0v) is 17.3. The van der Waals surface area contributed by atoms with Crippen molar-refractivity contribution in [1.82, 2.24) is 29.5 Å². The molecule has 8 nitrogen and oxygen atoms in total. The molecule has 1 fully saturated rings. The molecule has 2 N–H and O–H groups in total. The van der Waals surface area contributed by atoms with Gasteiger partial charge in [0.1, 0.15) is 0 Å². The molecular formula is C23H15F3N6O2. The standard InChI is InChI=1S/C23H15F3N6O2/c24-23(25,26)17-7-12(6-11-2-1-3-27-19(11)17)13-8-14(13)15-9-18(31-32-5-4-28-20(15)32)16-10-29-22(34)30-21(16)33/h1-7,9-10,13-14H,8H2,(H2,29,30,33,34)/t13-,14+/m0/s1. The van der Waals surface area contributed by atoms with Gasteiger partial charge in [-0.05, 0) is 48.1 Å². The van der Waals surface area contributed by atoms with E-state index in [0.29, 0.717) is 28.7 Å². The van der Waals surface area contributed by atoms with Gasteiger partial charge in [-0.3, -0.25) is 14.8 Å². The molecule has 2 atom stereocenters. The van der Waals surface area contributed by atoms with E-state index >= 15 is 0 Å². The zero-order chi connectivity index (χ0) is 23.6. The molecule has 0 aliphatic heterocycles. The Hall–Kier alpha value is -4.28. The Kier molecular flexibility index (Phi) is 4.25. The molecule has 170 valence electrons. The Balaban J connectivity index is 1.46. The molecule has 1 aromatic carbocycles. The fraction of sp³-hybridized carbons (Fsp3) is 0.174. The monoisotopic (exact) mass is 464 g/mol. The Morgan fingerprint density at radius 3 is 2.71 bits per heavy atom. The van der Waals surface area contributed by atoms with Gasteiger partial charge in [0.05, 0.1) is 22.3 Å². The summed E-state index contributed by atoms with van der Waals surface area (Å²) >= 11 is 0. The first kappa shape index (κ1) is 20.3. The van der Waals surface area contributed by atoms with Crippen molar-refractivity contribution in [3.8, 4) is 11.3 Å². The fourth-order valence-electron chi connectivity index (χ4n) is 4.50. The van der Waals surface area contributed by atoms with Crippen molar-refractivity contribution in [2.45, 2.75) is 24.4 Å². The van der Waals surface area contributed by atoms with Gasteiger partial charge in [-0.25, -0.2) is 14.3 Å². The minimum absolute atomic E-state index is 0.0740. The Morgan fingerprint density at radius 2 is 1.91 bits per heavy atom. The van der Waals surface area contributed by atoms with E-state index in [9.17, 15) is 22.8 Å². The Labute approximate surface area is 188 Å². The molecule has 1 aliphatic carbocycles. The van der Waals surface area contributed by atoms with Gasteiger partial charge in [-0.1, -0.05) is 6.07 Å². The van der Waals surface area contributed by atoms with Crippen LogP contribution < -0.4 is 11.2 Å². The molecule has 34 heavy (non-hydrogen) atoms. The minimum atomic E-state index is -4.53. The summed E-state index contributed by atoms with van der Waals surface area (Å²) in [7, 11) is 0. The average molecular weight is 464 g/mol. The van der Waals surface area contributed by atoms with Gasteiger partial charge in [0.2, 0.25) is 0 Å². The lowest BCUT2D eigenvalue weighted by molar-refractivity contribution is -0.136. The number of fused-ring (bicyclic) bond motifs is 2. The number of nitrogens with zero attached hydrogens (tertiary/aromatic N) is 4. The van der Waals surface area contributed by atoms with Crippen LogP contribution in [0.3, 0.4) is 0 Å². The molecule has 1 saturated carbocycles. The number of benzene rings is 1. The van der Waals surface area contributed by atoms with Crippen molar-refractivity contribution in [2.24, 2.45) is 0 Å². The largest absolute Gasteiger partial charge is 0.418 e. The molecule has 0 amide bonds. The number of alkyl halides is 3. The predicted octanol–water partition coefficient (Wildman–Crippen LogP) is 3.61. The number of aromatic nitrogens is 6. The van der Waals surface area contributed by atoms with Crippen molar-refractivity contribution >= 4 is 16.6 Å². The van der Waals surface area contributed by atoms with Crippen LogP contribution in [0.4, 0.5) is 13.2 Å². The van der Waals surface area contributed by atoms with E-state index in [-0.39, 0.29) is 22.9 Å². The summed E-state index contributed by atoms with van der Waals surface area (Å²) in [6.45, 7) is 0. The van der Waals surface area contributed by atoms with E-state index in [0.717, 1.165) is 5.56 Å². The molecular weight excluding hydrogens is 449 g/mol. The van der Waals surface area contributed by atoms with Crippen LogP contribution in [-0.4, -0.2) is 29.5 Å². The molecule has 11 heteroatoms. The van der Waals surface area contributed by atoms with E-state index in [4.69, 9.17) is 0 Å². The normalized spacial score (nSPS) is 18.0. The SMILES string of the molecule is O=c1[nH]cc(-c2cc([C@@H]3C[C@H]3c3cc(C(F)(F)F)c4ncccc4c3)c3nccn3n2)c(=O)[nH]1. The molecule has 5 aromatic rings. The van der Waals surface area contributed by atoms with E-state index in [2.05, 4.69) is 25.0 Å². The van der Waals surface area contributed by atoms with Crippen LogP contribution in [0.15, 0.2) is 64.7 Å². The van der Waals surface area contributed by atoms with Crippen molar-refractivity contribution in [2.75, 3.05) is 0 Å². The number of nitrogens with one attached hydrogen (secondary N) is 2. The summed E-state index contributed by atoms with van der Waals surface area (Å²) < 4.78 is 42.8. The van der Waals surface area contributed by atoms with E-state index < -0.39 is 23.0 Å². The van der Waals surface area contributed by atoms with Gasteiger partial charge >= 0.3 is 11.9 Å². The van der Waals surface area contributed by atoms with Gasteiger partial charge in [0, 0.05) is 35.7 Å². The van der Waals surface area contributed by atoms with E-state index in [1.807, 2.05) is 0 Å². The van der Waals surface area contributed by atoms with Crippen LogP contribution in [0.25, 0.3) is 27.8 Å². The molecule has 4 aromatic heterocycles. The third kappa shape index (κ3) is 3.28. The second-order valence-corrected chi connectivity index (χ2v) is 8.26. The van der Waals surface area contributed by atoms with Gasteiger partial charge in [-0.2, -0.15) is 18.3 Å². The van der Waals surface area contributed by atoms with Crippen LogP contribution in [0.2, 0.25) is 0 Å². The van der Waals surface area contributed by atoms with Crippen LogP contribution in [0, 0.1) is 0 Å². The smallest absolute Gasteiger partial charge is 0.313 e. The van der Waals surface area contributed by atoms with E-state index in [1.54, 1.807) is 36.7 Å². The van der Waals surface area contributed by atoms with E-state index in [1.165, 1.54) is 23.0 Å². The fourth-order valence-corrected chi connectivity index (χ4v) is 4.50. The van der Waals surface area contributed by atoms with Crippen molar-refractivity contribution < 1.29 is 13.2 Å². The van der Waals surface area contributed by atoms with Crippen LogP contribution >= 0.6 is 0 Å². The molecule has 4 heterocycles. The first-order valence-corrected chi connectivity index (χ1v) is 10.4. The quantitative estimate of drug-likeness (QED) is 0.424. The summed E-state index contributed by atoms with van der Waals surface area (Å²) in [5.74, 6) is -0.265. The molecule has 0 spiro atoms. The molecule has 0 bridgehead atoms. The van der Waals surface area contributed by atoms with Crippen LogP contribution in [0.1, 0.15) is 34.9 Å². The number of hydrogen-bond acceptors (Lipinski definition) is 5. The maximum Gasteiger partial charge on any atom is 0.418 e. The number of hydrogen-bond donors (Lipinski definition) is 2. The Bertz CT molecular complexity index is 1700. The predicted molar refractivity (Wildman–Crippen MR) is 117 cm³/mol. The number of imidazole rings is 1. The zero-order valence-electron chi connectivity index (χ0n) is 17.3. The topological polar surface area (TPSA) is 109 Å². The number of aromatic amines is 2. The number of halogens is 3. The van der Waals surface area contributed by atoms with Gasteiger partial charge in [0.25, 0.3) is 5.56 Å². The van der Waals surface area contributed by atoms with Gasteiger partial charge < -0.3 is 4.98 Å². The molecule has 6 rings (SSSR count). The molecule has 1 aliphatic rings. The number of rotatable bonds is 3. The summed E-state index contributed by atoms with van der Waals surface area (Å²) in [6.07, 6.45) is 1.92. The maximum absolute atomic E-state index is 13.8. The summed E-state index contributed by atoms with van der Waals surface area (Å²) in [5.41, 5.74) is 0.343. The highest BCUT2D eigenvalue weighted by atomic mass is 19.4. The lowest BCUT2D eigenvalue weighted by Crippen LogP contribution is -2.23. The van der Waals surface area contributed by atoms with Gasteiger partial charge in [-0.15, -0.1) is 0 Å². The summed E-state index contributed by atoms with van der Waals surface area (Å²) in [6, 6.07) is 7.88. The minimum Gasteiger partial charge on any atom is -0.313 e. The summed E-state index contributed by atoms with van der Waals surface area (Å²) in [4.78, 5) is 36.6. The van der Waals surface area contributed by atoms with Crippen molar-refractivity contribution in [1.29, 1.82) is 0 Å². The number of H-pyrrole nitrogens is 2. The third-order valence-corrected chi connectivity index (χ3v) is 6.13. The average Bonchev–Trinajstić information content (AvgIpc) is 3.45. The number of pyridine rings is 1. The lowest BCUT2D eigenvalue weighted by atomic mass is 9.99. The highest BCUT2D eigenvalue weighted by Gasteiger charge is 2.43. The second-order valence-electron chi connectivity index (χ2n) is 8.26. The van der Waals surface area contributed by atoms with Gasteiger partial charge in [0.15, 0.2) is 5.65 Å². The van der Waals surface area contributed by atoms with Crippen LogP contribution in [0.5, 0.6) is 0 Å². The van der Waals surface area contributed by atoms with Crippen LogP contribution in [-0.2, 0) is 6.18 Å².